The van der Waals surface area contributed by atoms with Crippen LogP contribution in [0.5, 0.6) is 11.5 Å². The Bertz CT molecular complexity index is 566. The van der Waals surface area contributed by atoms with Gasteiger partial charge in [0.05, 0.1) is 13.2 Å². The van der Waals surface area contributed by atoms with Gasteiger partial charge in [0.25, 0.3) is 0 Å². The van der Waals surface area contributed by atoms with E-state index in [1.807, 2.05) is 31.2 Å². The van der Waals surface area contributed by atoms with E-state index in [0.29, 0.717) is 0 Å². The summed E-state index contributed by atoms with van der Waals surface area (Å²) in [5.41, 5.74) is 2.41. The van der Waals surface area contributed by atoms with Gasteiger partial charge in [-0.1, -0.05) is 51.0 Å². The zero-order chi connectivity index (χ0) is 18.8. The average molecular weight is 375 g/mol. The Labute approximate surface area is 163 Å². The smallest absolute Gasteiger partial charge is 0.119 e. The third-order valence-electron chi connectivity index (χ3n) is 4.47. The Kier molecular flexibility index (Phi) is 8.84. The number of hydrogen-bond acceptors (Lipinski definition) is 2. The van der Waals surface area contributed by atoms with Crippen molar-refractivity contribution in [3.63, 3.8) is 0 Å². The maximum atomic E-state index is 6.53. The molecule has 0 spiro atoms. The van der Waals surface area contributed by atoms with E-state index in [-0.39, 0.29) is 11.3 Å². The van der Waals surface area contributed by atoms with E-state index in [2.05, 4.69) is 38.1 Å². The zero-order valence-electron chi connectivity index (χ0n) is 16.2. The number of ether oxygens (including phenoxy) is 2. The standard InChI is InChI=1S/C23H31ClO2/c1-4-6-16-25-21-12-8-19(9-13-21)23(18(3)24)20-10-14-22(15-11-20)26-17-7-5-2/h8-15,18,23H,4-7,16-17H2,1-3H3. The zero-order valence-corrected chi connectivity index (χ0v) is 17.0. The summed E-state index contributed by atoms with van der Waals surface area (Å²) in [6, 6.07) is 16.7. The van der Waals surface area contributed by atoms with Crippen LogP contribution in [-0.4, -0.2) is 18.6 Å². The molecule has 0 aliphatic heterocycles. The highest BCUT2D eigenvalue weighted by Gasteiger charge is 2.20. The summed E-state index contributed by atoms with van der Waals surface area (Å²) in [6.07, 6.45) is 4.44. The van der Waals surface area contributed by atoms with Gasteiger partial charge in [-0.05, 0) is 55.2 Å². The predicted octanol–water partition coefficient (Wildman–Crippen LogP) is 6.80. The van der Waals surface area contributed by atoms with E-state index in [1.165, 1.54) is 11.1 Å². The molecular weight excluding hydrogens is 344 g/mol. The number of halogens is 1. The van der Waals surface area contributed by atoms with Crippen LogP contribution in [-0.2, 0) is 0 Å². The molecule has 0 amide bonds. The highest BCUT2D eigenvalue weighted by molar-refractivity contribution is 6.21. The lowest BCUT2D eigenvalue weighted by atomic mass is 9.89. The summed E-state index contributed by atoms with van der Waals surface area (Å²) in [7, 11) is 0. The Morgan fingerprint density at radius 2 is 1.12 bits per heavy atom. The van der Waals surface area contributed by atoms with Crippen LogP contribution in [0.3, 0.4) is 0 Å². The second-order valence-electron chi connectivity index (χ2n) is 6.70. The third-order valence-corrected chi connectivity index (χ3v) is 4.72. The lowest BCUT2D eigenvalue weighted by molar-refractivity contribution is 0.309. The highest BCUT2D eigenvalue weighted by atomic mass is 35.5. The van der Waals surface area contributed by atoms with E-state index in [4.69, 9.17) is 21.1 Å². The molecule has 0 fully saturated rings. The minimum Gasteiger partial charge on any atom is -0.494 e. The van der Waals surface area contributed by atoms with Gasteiger partial charge in [0, 0.05) is 11.3 Å². The molecule has 2 aromatic rings. The van der Waals surface area contributed by atoms with Crippen LogP contribution < -0.4 is 9.47 Å². The van der Waals surface area contributed by atoms with Gasteiger partial charge in [-0.15, -0.1) is 11.6 Å². The maximum Gasteiger partial charge on any atom is 0.119 e. The molecule has 2 nitrogen and oxygen atoms in total. The van der Waals surface area contributed by atoms with Gasteiger partial charge in [0.1, 0.15) is 11.5 Å². The van der Waals surface area contributed by atoms with Crippen molar-refractivity contribution in [2.75, 3.05) is 13.2 Å². The molecule has 0 aliphatic rings. The van der Waals surface area contributed by atoms with E-state index in [9.17, 15) is 0 Å². The molecule has 1 unspecified atom stereocenters. The molecule has 0 saturated carbocycles. The average Bonchev–Trinajstić information content (AvgIpc) is 2.65. The van der Waals surface area contributed by atoms with E-state index in [0.717, 1.165) is 50.4 Å². The molecule has 26 heavy (non-hydrogen) atoms. The van der Waals surface area contributed by atoms with Crippen LogP contribution in [0.25, 0.3) is 0 Å². The van der Waals surface area contributed by atoms with Crippen molar-refractivity contribution in [1.82, 2.24) is 0 Å². The van der Waals surface area contributed by atoms with Gasteiger partial charge < -0.3 is 9.47 Å². The first kappa shape index (κ1) is 20.6. The van der Waals surface area contributed by atoms with Crippen molar-refractivity contribution in [3.8, 4) is 11.5 Å². The fourth-order valence-electron chi connectivity index (χ4n) is 2.93. The van der Waals surface area contributed by atoms with Crippen molar-refractivity contribution in [2.24, 2.45) is 0 Å². The largest absolute Gasteiger partial charge is 0.494 e. The van der Waals surface area contributed by atoms with E-state index >= 15 is 0 Å². The number of benzene rings is 2. The molecule has 0 radical (unpaired) electrons. The Hall–Kier alpha value is -1.67. The summed E-state index contributed by atoms with van der Waals surface area (Å²) >= 11 is 6.53. The summed E-state index contributed by atoms with van der Waals surface area (Å²) in [5, 5.41) is -0.00582. The first-order valence-electron chi connectivity index (χ1n) is 9.75. The fourth-order valence-corrected chi connectivity index (χ4v) is 3.23. The van der Waals surface area contributed by atoms with Crippen molar-refractivity contribution < 1.29 is 9.47 Å². The molecule has 0 aliphatic carbocycles. The van der Waals surface area contributed by atoms with Crippen LogP contribution in [0.1, 0.15) is 63.5 Å². The predicted molar refractivity (Wildman–Crippen MR) is 111 cm³/mol. The number of rotatable bonds is 11. The monoisotopic (exact) mass is 374 g/mol. The highest BCUT2D eigenvalue weighted by Crippen LogP contribution is 2.33. The number of unbranched alkanes of at least 4 members (excludes halogenated alkanes) is 2. The Balaban J connectivity index is 2.08. The van der Waals surface area contributed by atoms with Gasteiger partial charge in [-0.2, -0.15) is 0 Å². The molecule has 0 N–H and O–H groups in total. The number of hydrogen-bond donors (Lipinski definition) is 0. The summed E-state index contributed by atoms with van der Waals surface area (Å²) < 4.78 is 11.5. The lowest BCUT2D eigenvalue weighted by Crippen LogP contribution is -2.11. The Morgan fingerprint density at radius 3 is 1.42 bits per heavy atom. The molecule has 3 heteroatoms. The second kappa shape index (κ2) is 11.1. The van der Waals surface area contributed by atoms with Crippen LogP contribution in [0.4, 0.5) is 0 Å². The van der Waals surface area contributed by atoms with Crippen molar-refractivity contribution in [1.29, 1.82) is 0 Å². The maximum absolute atomic E-state index is 6.53. The van der Waals surface area contributed by atoms with Gasteiger partial charge in [-0.3, -0.25) is 0 Å². The molecule has 142 valence electrons. The summed E-state index contributed by atoms with van der Waals surface area (Å²) in [5.74, 6) is 1.98. The first-order chi connectivity index (χ1) is 12.7. The second-order valence-corrected chi connectivity index (χ2v) is 7.39. The normalized spacial score (nSPS) is 12.2. The fraction of sp³-hybridized carbons (Fsp3) is 0.478. The van der Waals surface area contributed by atoms with Crippen LogP contribution in [0, 0.1) is 0 Å². The van der Waals surface area contributed by atoms with Gasteiger partial charge in [0.2, 0.25) is 0 Å². The molecule has 0 heterocycles. The summed E-state index contributed by atoms with van der Waals surface area (Å²) in [4.78, 5) is 0. The third kappa shape index (κ3) is 6.25. The molecule has 2 rings (SSSR count). The minimum atomic E-state index is -0.00582. The molecule has 0 bridgehead atoms. The van der Waals surface area contributed by atoms with E-state index < -0.39 is 0 Å². The van der Waals surface area contributed by atoms with Gasteiger partial charge >= 0.3 is 0 Å². The van der Waals surface area contributed by atoms with Gasteiger partial charge in [0.15, 0.2) is 0 Å². The Morgan fingerprint density at radius 1 is 0.731 bits per heavy atom. The lowest BCUT2D eigenvalue weighted by Gasteiger charge is -2.21. The molecule has 0 saturated heterocycles. The molecule has 2 aromatic carbocycles. The van der Waals surface area contributed by atoms with Crippen molar-refractivity contribution in [3.05, 3.63) is 59.7 Å². The molecular formula is C23H31ClO2. The molecule has 0 aromatic heterocycles. The van der Waals surface area contributed by atoms with Crippen LogP contribution in [0.2, 0.25) is 0 Å². The minimum absolute atomic E-state index is 0.00582. The quantitative estimate of drug-likeness (QED) is 0.318. The van der Waals surface area contributed by atoms with Crippen LogP contribution >= 0.6 is 11.6 Å². The van der Waals surface area contributed by atoms with Crippen LogP contribution in [0.15, 0.2) is 48.5 Å². The topological polar surface area (TPSA) is 18.5 Å². The summed E-state index contributed by atoms with van der Waals surface area (Å²) in [6.45, 7) is 7.91. The number of alkyl halides is 1. The van der Waals surface area contributed by atoms with Crippen molar-refractivity contribution in [2.45, 2.75) is 57.7 Å². The van der Waals surface area contributed by atoms with E-state index in [1.54, 1.807) is 0 Å². The SMILES string of the molecule is CCCCOc1ccc(C(c2ccc(OCCCC)cc2)C(C)Cl)cc1. The van der Waals surface area contributed by atoms with Crippen molar-refractivity contribution >= 4 is 11.6 Å². The van der Waals surface area contributed by atoms with Gasteiger partial charge in [-0.25, -0.2) is 0 Å². The molecule has 1 atom stereocenters. The first-order valence-corrected chi connectivity index (χ1v) is 10.2.